The maximum atomic E-state index is 12.4. The number of rotatable bonds is 2. The topological polar surface area (TPSA) is 49.3 Å². The van der Waals surface area contributed by atoms with Crippen LogP contribution in [0.25, 0.3) is 11.1 Å². The van der Waals surface area contributed by atoms with Crippen molar-refractivity contribution in [2.24, 2.45) is 0 Å². The van der Waals surface area contributed by atoms with Gasteiger partial charge in [-0.2, -0.15) is 11.8 Å². The fraction of sp³-hybridized carbons (Fsp3) is 0.316. The fourth-order valence-corrected chi connectivity index (χ4v) is 4.57. The molecule has 4 heteroatoms. The van der Waals surface area contributed by atoms with E-state index in [-0.39, 0.29) is 5.91 Å². The van der Waals surface area contributed by atoms with E-state index in [1.807, 2.05) is 12.1 Å². The Morgan fingerprint density at radius 1 is 1.04 bits per heavy atom. The Bertz CT molecular complexity index is 766. The molecule has 1 aliphatic heterocycles. The van der Waals surface area contributed by atoms with Crippen molar-refractivity contribution in [1.82, 2.24) is 0 Å². The summed E-state index contributed by atoms with van der Waals surface area (Å²) in [5.41, 5.74) is 4.64. The van der Waals surface area contributed by atoms with Crippen molar-refractivity contribution in [3.63, 3.8) is 0 Å². The molecule has 4 rings (SSSR count). The third kappa shape index (κ3) is 2.66. The Balaban J connectivity index is 1.56. The number of hydrogen-bond acceptors (Lipinski definition) is 3. The molecule has 0 saturated carbocycles. The molecule has 3 nitrogen and oxygen atoms in total. The highest BCUT2D eigenvalue weighted by atomic mass is 32.2. The van der Waals surface area contributed by atoms with Crippen LogP contribution in [0, 0.1) is 0 Å². The molecule has 2 aromatic carbocycles. The maximum absolute atomic E-state index is 12.4. The number of carbonyl (C=O) groups excluding carboxylic acids is 1. The highest BCUT2D eigenvalue weighted by Gasteiger charge is 2.37. The van der Waals surface area contributed by atoms with E-state index in [1.54, 1.807) is 11.8 Å². The van der Waals surface area contributed by atoms with Gasteiger partial charge in [0.1, 0.15) is 5.60 Å². The van der Waals surface area contributed by atoms with Crippen molar-refractivity contribution in [2.45, 2.75) is 24.9 Å². The molecule has 1 amide bonds. The van der Waals surface area contributed by atoms with Gasteiger partial charge in [-0.15, -0.1) is 0 Å². The van der Waals surface area contributed by atoms with Crippen LogP contribution in [0.2, 0.25) is 0 Å². The van der Waals surface area contributed by atoms with Crippen LogP contribution in [-0.4, -0.2) is 28.1 Å². The first kappa shape index (κ1) is 14.8. The molecule has 118 valence electrons. The van der Waals surface area contributed by atoms with Crippen LogP contribution in [0.4, 0.5) is 5.69 Å². The predicted octanol–water partition coefficient (Wildman–Crippen LogP) is 3.45. The minimum atomic E-state index is -1.22. The summed E-state index contributed by atoms with van der Waals surface area (Å²) in [6.07, 6.45) is 1.95. The van der Waals surface area contributed by atoms with Crippen LogP contribution in [0.15, 0.2) is 42.5 Å². The summed E-state index contributed by atoms with van der Waals surface area (Å²) >= 11 is 1.79. The molecular formula is C19H19NO2S. The van der Waals surface area contributed by atoms with Gasteiger partial charge < -0.3 is 10.4 Å². The summed E-state index contributed by atoms with van der Waals surface area (Å²) in [6, 6.07) is 14.4. The molecule has 1 heterocycles. The summed E-state index contributed by atoms with van der Waals surface area (Å²) in [5.74, 6) is 1.40. The standard InChI is InChI=1S/C19H19NO2S/c21-18(19(22)7-9-23-10-8-19)20-15-5-6-17-14(12-15)11-13-3-1-2-4-16(13)17/h1-6,12,22H,7-11H2,(H,20,21). The van der Waals surface area contributed by atoms with Gasteiger partial charge in [-0.25, -0.2) is 0 Å². The molecule has 1 fully saturated rings. The quantitative estimate of drug-likeness (QED) is 0.759. The minimum absolute atomic E-state index is 0.270. The average molecular weight is 325 g/mol. The van der Waals surface area contributed by atoms with Gasteiger partial charge >= 0.3 is 0 Å². The first-order valence-corrected chi connectivity index (χ1v) is 9.14. The van der Waals surface area contributed by atoms with Crippen molar-refractivity contribution in [3.05, 3.63) is 53.6 Å². The Kier molecular flexibility index (Phi) is 3.66. The highest BCUT2D eigenvalue weighted by Crippen LogP contribution is 2.38. The molecule has 0 aromatic heterocycles. The Morgan fingerprint density at radius 2 is 1.78 bits per heavy atom. The average Bonchev–Trinajstić information content (AvgIpc) is 2.93. The van der Waals surface area contributed by atoms with Gasteiger partial charge in [0, 0.05) is 5.69 Å². The summed E-state index contributed by atoms with van der Waals surface area (Å²) in [4.78, 5) is 12.4. The molecule has 0 atom stereocenters. The number of benzene rings is 2. The SMILES string of the molecule is O=C(Nc1ccc2c(c1)Cc1ccccc1-2)C1(O)CCSCC1. The van der Waals surface area contributed by atoms with Crippen molar-refractivity contribution >= 4 is 23.4 Å². The van der Waals surface area contributed by atoms with Gasteiger partial charge in [-0.3, -0.25) is 4.79 Å². The Labute approximate surface area is 140 Å². The van der Waals surface area contributed by atoms with Crippen LogP contribution < -0.4 is 5.32 Å². The van der Waals surface area contributed by atoms with E-state index < -0.39 is 5.60 Å². The number of aliphatic hydroxyl groups is 1. The Morgan fingerprint density at radius 3 is 2.61 bits per heavy atom. The van der Waals surface area contributed by atoms with E-state index in [2.05, 4.69) is 35.6 Å². The lowest BCUT2D eigenvalue weighted by molar-refractivity contribution is -0.134. The van der Waals surface area contributed by atoms with E-state index in [1.165, 1.54) is 22.3 Å². The van der Waals surface area contributed by atoms with Crippen LogP contribution >= 0.6 is 11.8 Å². The lowest BCUT2D eigenvalue weighted by atomic mass is 9.95. The molecule has 0 unspecified atom stereocenters. The van der Waals surface area contributed by atoms with Gasteiger partial charge in [-0.05, 0) is 65.2 Å². The third-order valence-corrected chi connectivity index (χ3v) is 5.78. The zero-order valence-corrected chi connectivity index (χ0v) is 13.7. The summed E-state index contributed by atoms with van der Waals surface area (Å²) < 4.78 is 0. The molecule has 2 aromatic rings. The summed E-state index contributed by atoms with van der Waals surface area (Å²) in [7, 11) is 0. The number of nitrogens with one attached hydrogen (secondary N) is 1. The first-order valence-electron chi connectivity index (χ1n) is 7.98. The minimum Gasteiger partial charge on any atom is -0.380 e. The smallest absolute Gasteiger partial charge is 0.256 e. The van der Waals surface area contributed by atoms with Crippen molar-refractivity contribution < 1.29 is 9.90 Å². The summed E-state index contributed by atoms with van der Waals surface area (Å²) in [5, 5.41) is 13.4. The molecule has 23 heavy (non-hydrogen) atoms. The van der Waals surface area contributed by atoms with E-state index in [0.717, 1.165) is 23.6 Å². The molecule has 1 saturated heterocycles. The number of hydrogen-bond donors (Lipinski definition) is 2. The van der Waals surface area contributed by atoms with E-state index in [4.69, 9.17) is 0 Å². The third-order valence-electron chi connectivity index (χ3n) is 4.79. The summed E-state index contributed by atoms with van der Waals surface area (Å²) in [6.45, 7) is 0. The number of fused-ring (bicyclic) bond motifs is 3. The van der Waals surface area contributed by atoms with E-state index in [0.29, 0.717) is 12.8 Å². The molecule has 2 N–H and O–H groups in total. The van der Waals surface area contributed by atoms with Gasteiger partial charge in [0.25, 0.3) is 5.91 Å². The van der Waals surface area contributed by atoms with E-state index >= 15 is 0 Å². The molecule has 1 aliphatic carbocycles. The fourth-order valence-electron chi connectivity index (χ4n) is 3.41. The first-order chi connectivity index (χ1) is 11.2. The van der Waals surface area contributed by atoms with Crippen LogP contribution in [0.3, 0.4) is 0 Å². The number of amides is 1. The van der Waals surface area contributed by atoms with Crippen molar-refractivity contribution in [2.75, 3.05) is 16.8 Å². The van der Waals surface area contributed by atoms with Crippen molar-refractivity contribution in [1.29, 1.82) is 0 Å². The molecule has 0 radical (unpaired) electrons. The normalized spacial score (nSPS) is 18.1. The highest BCUT2D eigenvalue weighted by molar-refractivity contribution is 7.99. The lowest BCUT2D eigenvalue weighted by Gasteiger charge is -2.30. The second-order valence-corrected chi connectivity index (χ2v) is 7.53. The zero-order valence-electron chi connectivity index (χ0n) is 12.8. The predicted molar refractivity (Wildman–Crippen MR) is 94.8 cm³/mol. The number of anilines is 1. The molecule has 2 aliphatic rings. The zero-order chi connectivity index (χ0) is 15.9. The molecule has 0 spiro atoms. The van der Waals surface area contributed by atoms with Crippen LogP contribution in [-0.2, 0) is 11.2 Å². The Hall–Kier alpha value is -1.78. The van der Waals surface area contributed by atoms with Crippen molar-refractivity contribution in [3.8, 4) is 11.1 Å². The number of carbonyl (C=O) groups is 1. The van der Waals surface area contributed by atoms with Gasteiger partial charge in [-0.1, -0.05) is 30.3 Å². The van der Waals surface area contributed by atoms with Crippen LogP contribution in [0.1, 0.15) is 24.0 Å². The lowest BCUT2D eigenvalue weighted by Crippen LogP contribution is -2.45. The van der Waals surface area contributed by atoms with Gasteiger partial charge in [0.05, 0.1) is 0 Å². The second kappa shape index (κ2) is 5.69. The monoisotopic (exact) mass is 325 g/mol. The van der Waals surface area contributed by atoms with E-state index in [9.17, 15) is 9.90 Å². The largest absolute Gasteiger partial charge is 0.380 e. The number of thioether (sulfide) groups is 1. The molecular weight excluding hydrogens is 306 g/mol. The van der Waals surface area contributed by atoms with Crippen LogP contribution in [0.5, 0.6) is 0 Å². The maximum Gasteiger partial charge on any atom is 0.256 e. The van der Waals surface area contributed by atoms with Gasteiger partial charge in [0.2, 0.25) is 0 Å². The molecule has 0 bridgehead atoms. The second-order valence-electron chi connectivity index (χ2n) is 6.30. The van der Waals surface area contributed by atoms with Gasteiger partial charge in [0.15, 0.2) is 0 Å².